The molecule has 18 heavy (non-hydrogen) atoms. The van der Waals surface area contributed by atoms with E-state index in [1.165, 1.54) is 0 Å². The van der Waals surface area contributed by atoms with E-state index in [1.807, 2.05) is 24.4 Å². The fourth-order valence-corrected chi connectivity index (χ4v) is 2.17. The van der Waals surface area contributed by atoms with Crippen LogP contribution in [0.5, 0.6) is 0 Å². The van der Waals surface area contributed by atoms with Gasteiger partial charge in [-0.1, -0.05) is 17.7 Å². The molecular weight excluding hydrogens is 252 g/mol. The predicted octanol–water partition coefficient (Wildman–Crippen LogP) is 3.51. The van der Waals surface area contributed by atoms with Crippen molar-refractivity contribution in [2.75, 3.05) is 0 Å². The maximum Gasteiger partial charge on any atom is 0.352 e. The molecule has 1 aromatic carbocycles. The Hall–Kier alpha value is -2.20. The number of carboxylic acids is 1. The molecule has 0 radical (unpaired) electrons. The second-order valence-electron chi connectivity index (χ2n) is 3.98. The van der Waals surface area contributed by atoms with E-state index in [9.17, 15) is 4.79 Å². The Labute approximate surface area is 107 Å². The van der Waals surface area contributed by atoms with Gasteiger partial charge in [0.25, 0.3) is 0 Å². The Balaban J connectivity index is 2.16. The van der Waals surface area contributed by atoms with Gasteiger partial charge in [0.2, 0.25) is 0 Å². The van der Waals surface area contributed by atoms with Crippen molar-refractivity contribution in [3.05, 3.63) is 47.2 Å². The number of aromatic carboxylic acids is 1. The summed E-state index contributed by atoms with van der Waals surface area (Å²) in [4.78, 5) is 16.8. The molecule has 3 aromatic rings. The van der Waals surface area contributed by atoms with Gasteiger partial charge < -0.3 is 15.1 Å². The lowest BCUT2D eigenvalue weighted by Gasteiger charge is -1.96. The van der Waals surface area contributed by atoms with Gasteiger partial charge in [-0.25, -0.2) is 4.79 Å². The molecule has 0 aliphatic heterocycles. The van der Waals surface area contributed by atoms with Gasteiger partial charge in [0.05, 0.1) is 0 Å². The van der Waals surface area contributed by atoms with Crippen molar-refractivity contribution in [1.29, 1.82) is 0 Å². The van der Waals surface area contributed by atoms with E-state index >= 15 is 0 Å². The van der Waals surface area contributed by atoms with Gasteiger partial charge in [-0.3, -0.25) is 0 Å². The van der Waals surface area contributed by atoms with E-state index in [0.29, 0.717) is 5.02 Å². The zero-order chi connectivity index (χ0) is 12.7. The Bertz CT molecular complexity index is 742. The van der Waals surface area contributed by atoms with Crippen LogP contribution in [-0.2, 0) is 0 Å². The molecule has 2 aromatic heterocycles. The largest absolute Gasteiger partial charge is 0.477 e. The molecule has 3 rings (SSSR count). The average molecular weight is 261 g/mol. The molecule has 0 amide bonds. The van der Waals surface area contributed by atoms with Crippen molar-refractivity contribution in [2.45, 2.75) is 0 Å². The van der Waals surface area contributed by atoms with Crippen LogP contribution in [0.15, 0.2) is 36.5 Å². The predicted molar refractivity (Wildman–Crippen MR) is 70.1 cm³/mol. The molecule has 0 spiro atoms. The molecule has 0 fully saturated rings. The highest BCUT2D eigenvalue weighted by molar-refractivity contribution is 6.31. The van der Waals surface area contributed by atoms with Crippen molar-refractivity contribution in [3.63, 3.8) is 0 Å². The van der Waals surface area contributed by atoms with Crippen LogP contribution in [0.4, 0.5) is 0 Å². The summed E-state index contributed by atoms with van der Waals surface area (Å²) in [6.07, 6.45) is 1.83. The van der Waals surface area contributed by atoms with Gasteiger partial charge in [0, 0.05) is 33.4 Å². The fourth-order valence-electron chi connectivity index (χ4n) is 2.00. The first-order valence-electron chi connectivity index (χ1n) is 5.34. The average Bonchev–Trinajstić information content (AvgIpc) is 2.92. The highest BCUT2D eigenvalue weighted by Crippen LogP contribution is 2.29. The molecule has 3 N–H and O–H groups in total. The first kappa shape index (κ1) is 10.9. The van der Waals surface area contributed by atoms with E-state index in [4.69, 9.17) is 16.7 Å². The summed E-state index contributed by atoms with van der Waals surface area (Å²) in [7, 11) is 0. The van der Waals surface area contributed by atoms with Crippen molar-refractivity contribution < 1.29 is 9.90 Å². The fraction of sp³-hybridized carbons (Fsp3) is 0. The molecule has 0 saturated carbocycles. The molecule has 0 bridgehead atoms. The van der Waals surface area contributed by atoms with Crippen molar-refractivity contribution in [1.82, 2.24) is 9.97 Å². The quantitative estimate of drug-likeness (QED) is 0.660. The zero-order valence-corrected chi connectivity index (χ0v) is 9.95. The number of hydrogen-bond donors (Lipinski definition) is 3. The minimum Gasteiger partial charge on any atom is -0.477 e. The molecule has 5 heteroatoms. The summed E-state index contributed by atoms with van der Waals surface area (Å²) in [6.45, 7) is 0. The van der Waals surface area contributed by atoms with Crippen LogP contribution in [0.1, 0.15) is 10.5 Å². The number of fused-ring (bicyclic) bond motifs is 1. The van der Waals surface area contributed by atoms with E-state index in [1.54, 1.807) is 12.1 Å². The highest BCUT2D eigenvalue weighted by atomic mass is 35.5. The lowest BCUT2D eigenvalue weighted by atomic mass is 10.1. The normalized spacial score (nSPS) is 10.9. The summed E-state index contributed by atoms with van der Waals surface area (Å²) in [5.41, 5.74) is 2.78. The molecule has 0 saturated heterocycles. The third kappa shape index (κ3) is 1.67. The van der Waals surface area contributed by atoms with E-state index in [-0.39, 0.29) is 5.69 Å². The molecule has 4 nitrogen and oxygen atoms in total. The number of aromatic nitrogens is 2. The highest BCUT2D eigenvalue weighted by Gasteiger charge is 2.11. The number of halogens is 1. The van der Waals surface area contributed by atoms with E-state index in [2.05, 4.69) is 9.97 Å². The van der Waals surface area contributed by atoms with E-state index in [0.717, 1.165) is 22.2 Å². The Morgan fingerprint density at radius 3 is 2.78 bits per heavy atom. The van der Waals surface area contributed by atoms with Crippen molar-refractivity contribution >= 4 is 28.5 Å². The molecule has 0 aliphatic carbocycles. The molecular formula is C13H9ClN2O2. The minimum absolute atomic E-state index is 0.174. The third-order valence-corrected chi connectivity index (χ3v) is 3.09. The molecule has 0 unspecified atom stereocenters. The topological polar surface area (TPSA) is 68.9 Å². The summed E-state index contributed by atoms with van der Waals surface area (Å²) in [6, 6.07) is 8.85. The minimum atomic E-state index is -0.968. The summed E-state index contributed by atoms with van der Waals surface area (Å²) >= 11 is 5.91. The SMILES string of the molecule is O=C(O)c1ccc(-c2c[nH]c3cc(Cl)ccc23)[nH]1. The van der Waals surface area contributed by atoms with Crippen LogP contribution in [-0.4, -0.2) is 21.0 Å². The monoisotopic (exact) mass is 260 g/mol. The smallest absolute Gasteiger partial charge is 0.352 e. The van der Waals surface area contributed by atoms with Crippen LogP contribution in [0.2, 0.25) is 5.02 Å². The van der Waals surface area contributed by atoms with Crippen molar-refractivity contribution in [2.24, 2.45) is 0 Å². The summed E-state index contributed by atoms with van der Waals surface area (Å²) in [5.74, 6) is -0.968. The third-order valence-electron chi connectivity index (χ3n) is 2.85. The maximum atomic E-state index is 10.8. The standard InChI is InChI=1S/C13H9ClN2O2/c14-7-1-2-8-9(6-15-12(8)5-7)10-3-4-11(16-10)13(17)18/h1-6,15-16H,(H,17,18). The zero-order valence-electron chi connectivity index (χ0n) is 9.20. The van der Waals surface area contributed by atoms with Crippen molar-refractivity contribution in [3.8, 4) is 11.3 Å². The number of rotatable bonds is 2. The molecule has 0 atom stereocenters. The number of carbonyl (C=O) groups is 1. The van der Waals surface area contributed by atoms with Gasteiger partial charge in [-0.05, 0) is 24.3 Å². The van der Waals surface area contributed by atoms with Gasteiger partial charge in [0.15, 0.2) is 0 Å². The molecule has 0 aliphatic rings. The number of nitrogens with one attached hydrogen (secondary N) is 2. The van der Waals surface area contributed by atoms with Crippen LogP contribution in [0.25, 0.3) is 22.2 Å². The number of aromatic amines is 2. The first-order valence-corrected chi connectivity index (χ1v) is 5.72. The summed E-state index contributed by atoms with van der Waals surface area (Å²) < 4.78 is 0. The number of carboxylic acid groups (broad SMARTS) is 1. The van der Waals surface area contributed by atoms with Crippen LogP contribution < -0.4 is 0 Å². The number of H-pyrrole nitrogens is 2. The maximum absolute atomic E-state index is 10.8. The second kappa shape index (κ2) is 3.92. The van der Waals surface area contributed by atoms with Gasteiger partial charge in [-0.15, -0.1) is 0 Å². The van der Waals surface area contributed by atoms with Gasteiger partial charge in [-0.2, -0.15) is 0 Å². The van der Waals surface area contributed by atoms with Gasteiger partial charge >= 0.3 is 5.97 Å². The molecule has 90 valence electrons. The summed E-state index contributed by atoms with van der Waals surface area (Å²) in [5, 5.41) is 10.5. The first-order chi connectivity index (χ1) is 8.65. The number of hydrogen-bond acceptors (Lipinski definition) is 1. The van der Waals surface area contributed by atoms with Gasteiger partial charge in [0.1, 0.15) is 5.69 Å². The van der Waals surface area contributed by atoms with E-state index < -0.39 is 5.97 Å². The lowest BCUT2D eigenvalue weighted by Crippen LogP contribution is -1.95. The Kier molecular flexibility index (Phi) is 2.38. The Morgan fingerprint density at radius 2 is 2.06 bits per heavy atom. The van der Waals surface area contributed by atoms with Crippen LogP contribution >= 0.6 is 11.6 Å². The Morgan fingerprint density at radius 1 is 1.22 bits per heavy atom. The van der Waals surface area contributed by atoms with Crippen LogP contribution in [0.3, 0.4) is 0 Å². The molecule has 2 heterocycles. The number of benzene rings is 1. The lowest BCUT2D eigenvalue weighted by molar-refractivity contribution is 0.0691. The second-order valence-corrected chi connectivity index (χ2v) is 4.42. The van der Waals surface area contributed by atoms with Crippen LogP contribution in [0, 0.1) is 0 Å².